The maximum absolute atomic E-state index is 13.0. The van der Waals surface area contributed by atoms with Gasteiger partial charge in [-0.15, -0.1) is 0 Å². The smallest absolute Gasteiger partial charge is 0.335 e. The van der Waals surface area contributed by atoms with E-state index >= 15 is 0 Å². The number of aromatic nitrogens is 2. The van der Waals surface area contributed by atoms with E-state index in [2.05, 4.69) is 25.9 Å². The number of benzene rings is 1. The first kappa shape index (κ1) is 20.2. The van der Waals surface area contributed by atoms with Crippen LogP contribution in [-0.2, 0) is 19.8 Å². The number of hydrogen-bond donors (Lipinski definition) is 0. The summed E-state index contributed by atoms with van der Waals surface area (Å²) < 4.78 is 39.6. The molecule has 5 nitrogen and oxygen atoms in total. The van der Waals surface area contributed by atoms with E-state index in [1.54, 1.807) is 4.90 Å². The molecule has 0 radical (unpaired) electrons. The number of amides is 1. The zero-order chi connectivity index (χ0) is 19.8. The minimum atomic E-state index is -4.62. The number of nitrogens with zero attached hydrogens (tertiary/aromatic N) is 4. The Labute approximate surface area is 167 Å². The fraction of sp³-hybridized carbons (Fsp3) is 0.412. The zero-order valence-corrected chi connectivity index (χ0v) is 16.8. The second kappa shape index (κ2) is 7.81. The molecular formula is C17H17BrClF3N4O. The minimum Gasteiger partial charge on any atom is -0.335 e. The van der Waals surface area contributed by atoms with Crippen molar-refractivity contribution in [3.05, 3.63) is 50.7 Å². The molecule has 2 aromatic rings. The van der Waals surface area contributed by atoms with Gasteiger partial charge in [-0.2, -0.15) is 18.3 Å². The summed E-state index contributed by atoms with van der Waals surface area (Å²) in [4.78, 5) is 16.5. The minimum absolute atomic E-state index is 0.0894. The number of halogens is 5. The molecule has 3 rings (SSSR count). The average Bonchev–Trinajstić information content (AvgIpc) is 2.92. The lowest BCUT2D eigenvalue weighted by molar-refractivity contribution is -0.142. The van der Waals surface area contributed by atoms with Crippen molar-refractivity contribution >= 4 is 33.4 Å². The first-order valence-electron chi connectivity index (χ1n) is 8.22. The predicted octanol–water partition coefficient (Wildman–Crippen LogP) is 3.81. The highest BCUT2D eigenvalue weighted by Crippen LogP contribution is 2.36. The van der Waals surface area contributed by atoms with Gasteiger partial charge in [0.2, 0.25) is 0 Å². The zero-order valence-electron chi connectivity index (χ0n) is 14.4. The molecule has 0 aliphatic carbocycles. The molecule has 146 valence electrons. The molecule has 1 amide bonds. The van der Waals surface area contributed by atoms with Crippen LogP contribution in [0, 0.1) is 0 Å². The third-order valence-corrected chi connectivity index (χ3v) is 5.44. The Morgan fingerprint density at radius 1 is 1.19 bits per heavy atom. The number of piperazine rings is 1. The highest BCUT2D eigenvalue weighted by molar-refractivity contribution is 9.10. The largest absolute Gasteiger partial charge is 0.436 e. The summed E-state index contributed by atoms with van der Waals surface area (Å²) in [7, 11) is 1.34. The van der Waals surface area contributed by atoms with Crippen molar-refractivity contribution in [3.8, 4) is 0 Å². The maximum Gasteiger partial charge on any atom is 0.436 e. The van der Waals surface area contributed by atoms with Crippen LogP contribution >= 0.6 is 27.5 Å². The van der Waals surface area contributed by atoms with Crippen molar-refractivity contribution < 1.29 is 18.0 Å². The molecule has 10 heteroatoms. The molecule has 0 atom stereocenters. The topological polar surface area (TPSA) is 41.4 Å². The van der Waals surface area contributed by atoms with Crippen LogP contribution < -0.4 is 0 Å². The van der Waals surface area contributed by atoms with Crippen molar-refractivity contribution in [2.75, 3.05) is 26.2 Å². The van der Waals surface area contributed by atoms with Crippen LogP contribution in [0.5, 0.6) is 0 Å². The summed E-state index contributed by atoms with van der Waals surface area (Å²) in [5.74, 6) is -0.460. The molecule has 0 bridgehead atoms. The molecular weight excluding hydrogens is 449 g/mol. The molecule has 1 aromatic heterocycles. The molecule has 1 saturated heterocycles. The van der Waals surface area contributed by atoms with Crippen LogP contribution in [0.25, 0.3) is 0 Å². The highest BCUT2D eigenvalue weighted by Gasteiger charge is 2.40. The van der Waals surface area contributed by atoms with Gasteiger partial charge in [0.15, 0.2) is 5.69 Å². The molecule has 0 N–H and O–H groups in total. The lowest BCUT2D eigenvalue weighted by Gasteiger charge is -2.34. The number of carbonyl (C=O) groups is 1. The molecule has 27 heavy (non-hydrogen) atoms. The van der Waals surface area contributed by atoms with Crippen LogP contribution in [0.4, 0.5) is 13.2 Å². The van der Waals surface area contributed by atoms with E-state index in [4.69, 9.17) is 11.6 Å². The number of alkyl halides is 3. The molecule has 0 saturated carbocycles. The number of aryl methyl sites for hydroxylation is 1. The summed E-state index contributed by atoms with van der Waals surface area (Å²) in [6.45, 7) is 2.87. The molecule has 2 heterocycles. The summed E-state index contributed by atoms with van der Waals surface area (Å²) in [5, 5.41) is 4.13. The van der Waals surface area contributed by atoms with Gasteiger partial charge in [-0.3, -0.25) is 14.4 Å². The second-order valence-electron chi connectivity index (χ2n) is 6.33. The molecule has 1 aromatic carbocycles. The first-order valence-corrected chi connectivity index (χ1v) is 9.39. The maximum atomic E-state index is 13.0. The summed E-state index contributed by atoms with van der Waals surface area (Å²) in [6.07, 6.45) is -4.62. The van der Waals surface area contributed by atoms with E-state index < -0.39 is 17.8 Å². The molecule has 1 aliphatic heterocycles. The van der Waals surface area contributed by atoms with Crippen molar-refractivity contribution in [1.82, 2.24) is 19.6 Å². The average molecular weight is 466 g/mol. The quantitative estimate of drug-likeness (QED) is 0.692. The third kappa shape index (κ3) is 4.47. The Morgan fingerprint density at radius 2 is 1.78 bits per heavy atom. The molecule has 1 aliphatic rings. The van der Waals surface area contributed by atoms with Crippen LogP contribution in [0.3, 0.4) is 0 Å². The van der Waals surface area contributed by atoms with Crippen LogP contribution in [0.2, 0.25) is 5.02 Å². The van der Waals surface area contributed by atoms with Crippen molar-refractivity contribution in [1.29, 1.82) is 0 Å². The van der Waals surface area contributed by atoms with E-state index in [9.17, 15) is 18.0 Å². The van der Waals surface area contributed by atoms with Crippen molar-refractivity contribution in [2.45, 2.75) is 12.7 Å². The van der Waals surface area contributed by atoms with E-state index in [-0.39, 0.29) is 10.2 Å². The van der Waals surface area contributed by atoms with Gasteiger partial charge in [0.1, 0.15) is 5.69 Å². The van der Waals surface area contributed by atoms with E-state index in [1.807, 2.05) is 24.3 Å². The fourth-order valence-corrected chi connectivity index (χ4v) is 3.87. The lowest BCUT2D eigenvalue weighted by atomic mass is 10.2. The SMILES string of the molecule is Cn1nc(C(F)(F)F)c(Br)c1C(=O)N1CCN(Cc2ccc(Cl)cc2)CC1. The Bertz CT molecular complexity index is 830. The van der Waals surface area contributed by atoms with Gasteiger partial charge in [0.05, 0.1) is 4.47 Å². The number of carbonyl (C=O) groups excluding carboxylic acids is 1. The Kier molecular flexibility index (Phi) is 5.83. The van der Waals surface area contributed by atoms with Gasteiger partial charge in [-0.1, -0.05) is 23.7 Å². The van der Waals surface area contributed by atoms with Gasteiger partial charge in [-0.05, 0) is 33.6 Å². The first-order chi connectivity index (χ1) is 12.7. The highest BCUT2D eigenvalue weighted by atomic mass is 79.9. The summed E-state index contributed by atoms with van der Waals surface area (Å²) >= 11 is 8.78. The van der Waals surface area contributed by atoms with Gasteiger partial charge in [0.25, 0.3) is 5.91 Å². The van der Waals surface area contributed by atoms with Crippen LogP contribution in [0.15, 0.2) is 28.7 Å². The van der Waals surface area contributed by atoms with E-state index in [1.165, 1.54) is 7.05 Å². The summed E-state index contributed by atoms with van der Waals surface area (Å²) in [5.41, 5.74) is -0.0634. The Morgan fingerprint density at radius 3 is 2.30 bits per heavy atom. The standard InChI is InChI=1S/C17H17BrClF3N4O/c1-24-14(13(18)15(23-24)17(20,21)22)16(27)26-8-6-25(7-9-26)10-11-2-4-12(19)5-3-11/h2-5H,6-10H2,1H3. The Balaban J connectivity index is 1.65. The lowest BCUT2D eigenvalue weighted by Crippen LogP contribution is -2.48. The van der Waals surface area contributed by atoms with Crippen LogP contribution in [-0.4, -0.2) is 51.7 Å². The third-order valence-electron chi connectivity index (χ3n) is 4.44. The van der Waals surface area contributed by atoms with Gasteiger partial charge in [0, 0.05) is 44.8 Å². The van der Waals surface area contributed by atoms with Gasteiger partial charge in [-0.25, -0.2) is 0 Å². The normalized spacial score (nSPS) is 16.0. The molecule has 1 fully saturated rings. The van der Waals surface area contributed by atoms with Crippen molar-refractivity contribution in [3.63, 3.8) is 0 Å². The molecule has 0 spiro atoms. The fourth-order valence-electron chi connectivity index (χ4n) is 3.02. The number of rotatable bonds is 3. The Hall–Kier alpha value is -1.58. The molecule has 0 unspecified atom stereocenters. The van der Waals surface area contributed by atoms with E-state index in [0.29, 0.717) is 31.2 Å². The van der Waals surface area contributed by atoms with Gasteiger partial charge < -0.3 is 4.90 Å². The van der Waals surface area contributed by atoms with Crippen LogP contribution in [0.1, 0.15) is 21.7 Å². The monoisotopic (exact) mass is 464 g/mol. The summed E-state index contributed by atoms with van der Waals surface area (Å²) in [6, 6.07) is 7.56. The predicted molar refractivity (Wildman–Crippen MR) is 98.5 cm³/mol. The number of hydrogen-bond acceptors (Lipinski definition) is 3. The van der Waals surface area contributed by atoms with Gasteiger partial charge >= 0.3 is 6.18 Å². The van der Waals surface area contributed by atoms with Crippen molar-refractivity contribution in [2.24, 2.45) is 7.05 Å². The van der Waals surface area contributed by atoms with E-state index in [0.717, 1.165) is 16.8 Å². The second-order valence-corrected chi connectivity index (χ2v) is 7.56.